The van der Waals surface area contributed by atoms with Gasteiger partial charge in [0.25, 0.3) is 0 Å². The van der Waals surface area contributed by atoms with E-state index in [-0.39, 0.29) is 0 Å². The van der Waals surface area contributed by atoms with Crippen LogP contribution < -0.4 is 15.4 Å². The van der Waals surface area contributed by atoms with Crippen molar-refractivity contribution >= 4 is 5.96 Å². The summed E-state index contributed by atoms with van der Waals surface area (Å²) in [6.07, 6.45) is 0. The smallest absolute Gasteiger partial charge is 0.191 e. The minimum absolute atomic E-state index is 0.357. The van der Waals surface area contributed by atoms with E-state index in [4.69, 9.17) is 9.47 Å². The molecule has 0 amide bonds. The summed E-state index contributed by atoms with van der Waals surface area (Å²) in [5.41, 5.74) is 1.06. The van der Waals surface area contributed by atoms with Gasteiger partial charge in [0.15, 0.2) is 5.96 Å². The standard InChI is InChI=1S/C15H25N3O2/c1-12(2)18-15(16-3)17-9-10-20-11-13-7-5-6-8-14(13)19-4/h5-8,12H,9-11H2,1-4H3,(H2,16,17,18). The molecule has 0 saturated carbocycles. The van der Waals surface area contributed by atoms with Gasteiger partial charge in [-0.2, -0.15) is 0 Å². The lowest BCUT2D eigenvalue weighted by atomic mass is 10.2. The number of nitrogens with zero attached hydrogens (tertiary/aromatic N) is 1. The predicted molar refractivity (Wildman–Crippen MR) is 82.3 cm³/mol. The van der Waals surface area contributed by atoms with Crippen molar-refractivity contribution in [2.75, 3.05) is 27.3 Å². The molecule has 5 heteroatoms. The molecule has 0 aromatic heterocycles. The molecule has 5 nitrogen and oxygen atoms in total. The molecule has 1 aromatic rings. The number of hydrogen-bond donors (Lipinski definition) is 2. The van der Waals surface area contributed by atoms with Crippen LogP contribution in [0.1, 0.15) is 19.4 Å². The van der Waals surface area contributed by atoms with Gasteiger partial charge in [-0.1, -0.05) is 18.2 Å². The van der Waals surface area contributed by atoms with Crippen molar-refractivity contribution in [2.24, 2.45) is 4.99 Å². The van der Waals surface area contributed by atoms with Crippen LogP contribution in [-0.2, 0) is 11.3 Å². The minimum atomic E-state index is 0.357. The van der Waals surface area contributed by atoms with Crippen molar-refractivity contribution in [3.8, 4) is 5.75 Å². The SMILES string of the molecule is CN=C(NCCOCc1ccccc1OC)NC(C)C. The molecule has 0 unspecified atom stereocenters. The van der Waals surface area contributed by atoms with E-state index in [0.717, 1.165) is 17.3 Å². The highest BCUT2D eigenvalue weighted by atomic mass is 16.5. The molecule has 0 aliphatic rings. The molecule has 0 atom stereocenters. The quantitative estimate of drug-likeness (QED) is 0.454. The average molecular weight is 279 g/mol. The number of para-hydroxylation sites is 1. The summed E-state index contributed by atoms with van der Waals surface area (Å²) in [5.74, 6) is 1.65. The highest BCUT2D eigenvalue weighted by Gasteiger charge is 2.02. The van der Waals surface area contributed by atoms with E-state index < -0.39 is 0 Å². The monoisotopic (exact) mass is 279 g/mol. The first-order valence-electron chi connectivity index (χ1n) is 6.84. The summed E-state index contributed by atoms with van der Waals surface area (Å²) < 4.78 is 10.9. The summed E-state index contributed by atoms with van der Waals surface area (Å²) >= 11 is 0. The molecule has 0 bridgehead atoms. The lowest BCUT2D eigenvalue weighted by molar-refractivity contribution is 0.123. The Kier molecular flexibility index (Phi) is 7.50. The Balaban J connectivity index is 2.25. The first-order valence-corrected chi connectivity index (χ1v) is 6.84. The Bertz CT molecular complexity index is 419. The van der Waals surface area contributed by atoms with Crippen LogP contribution in [0.4, 0.5) is 0 Å². The second-order valence-corrected chi connectivity index (χ2v) is 4.66. The maximum absolute atomic E-state index is 5.64. The van der Waals surface area contributed by atoms with Gasteiger partial charge in [0.2, 0.25) is 0 Å². The molecule has 20 heavy (non-hydrogen) atoms. The summed E-state index contributed by atoms with van der Waals surface area (Å²) in [4.78, 5) is 4.13. The van der Waals surface area contributed by atoms with E-state index in [1.165, 1.54) is 0 Å². The number of ether oxygens (including phenoxy) is 2. The van der Waals surface area contributed by atoms with Crippen LogP contribution in [-0.4, -0.2) is 39.3 Å². The lowest BCUT2D eigenvalue weighted by Gasteiger charge is -2.14. The second kappa shape index (κ2) is 9.20. The molecule has 0 aliphatic carbocycles. The Morgan fingerprint density at radius 1 is 1.30 bits per heavy atom. The first-order chi connectivity index (χ1) is 9.67. The van der Waals surface area contributed by atoms with Crippen molar-refractivity contribution in [3.05, 3.63) is 29.8 Å². The first kappa shape index (κ1) is 16.3. The van der Waals surface area contributed by atoms with E-state index in [9.17, 15) is 0 Å². The normalized spacial score (nSPS) is 11.6. The third-order valence-corrected chi connectivity index (χ3v) is 2.64. The van der Waals surface area contributed by atoms with Gasteiger partial charge in [0, 0.05) is 25.2 Å². The van der Waals surface area contributed by atoms with E-state index in [1.54, 1.807) is 14.2 Å². The molecule has 0 heterocycles. The van der Waals surface area contributed by atoms with Gasteiger partial charge in [0.05, 0.1) is 20.3 Å². The Morgan fingerprint density at radius 2 is 2.05 bits per heavy atom. The van der Waals surface area contributed by atoms with Gasteiger partial charge >= 0.3 is 0 Å². The maximum atomic E-state index is 5.64. The Morgan fingerprint density at radius 3 is 2.70 bits per heavy atom. The number of nitrogens with one attached hydrogen (secondary N) is 2. The number of guanidine groups is 1. The predicted octanol–water partition coefficient (Wildman–Crippen LogP) is 1.79. The summed E-state index contributed by atoms with van der Waals surface area (Å²) in [7, 11) is 3.43. The largest absolute Gasteiger partial charge is 0.496 e. The van der Waals surface area contributed by atoms with Gasteiger partial charge in [-0.15, -0.1) is 0 Å². The fourth-order valence-corrected chi connectivity index (χ4v) is 1.71. The van der Waals surface area contributed by atoms with Gasteiger partial charge in [-0.05, 0) is 19.9 Å². The topological polar surface area (TPSA) is 54.9 Å². The highest BCUT2D eigenvalue weighted by Crippen LogP contribution is 2.17. The van der Waals surface area contributed by atoms with Crippen molar-refractivity contribution in [1.29, 1.82) is 0 Å². The zero-order chi connectivity index (χ0) is 14.8. The number of methoxy groups -OCH3 is 1. The number of hydrogen-bond acceptors (Lipinski definition) is 3. The van der Waals surface area contributed by atoms with Gasteiger partial charge in [0.1, 0.15) is 5.75 Å². The molecule has 112 valence electrons. The van der Waals surface area contributed by atoms with Crippen LogP contribution in [0, 0.1) is 0 Å². The van der Waals surface area contributed by atoms with Crippen molar-refractivity contribution in [2.45, 2.75) is 26.5 Å². The van der Waals surface area contributed by atoms with Gasteiger partial charge < -0.3 is 20.1 Å². The molecular weight excluding hydrogens is 254 g/mol. The molecular formula is C15H25N3O2. The molecule has 0 radical (unpaired) electrons. The molecule has 1 aromatic carbocycles. The van der Waals surface area contributed by atoms with Crippen LogP contribution >= 0.6 is 0 Å². The molecule has 0 fully saturated rings. The van der Waals surface area contributed by atoms with Crippen LogP contribution in [0.2, 0.25) is 0 Å². The van der Waals surface area contributed by atoms with Crippen LogP contribution in [0.5, 0.6) is 5.75 Å². The van der Waals surface area contributed by atoms with Crippen molar-refractivity contribution in [3.63, 3.8) is 0 Å². The second-order valence-electron chi connectivity index (χ2n) is 4.66. The highest BCUT2D eigenvalue weighted by molar-refractivity contribution is 5.79. The van der Waals surface area contributed by atoms with Crippen LogP contribution in [0.3, 0.4) is 0 Å². The third-order valence-electron chi connectivity index (χ3n) is 2.64. The number of rotatable bonds is 7. The molecule has 0 saturated heterocycles. The minimum Gasteiger partial charge on any atom is -0.496 e. The number of benzene rings is 1. The van der Waals surface area contributed by atoms with Gasteiger partial charge in [-0.3, -0.25) is 4.99 Å². The van der Waals surface area contributed by atoms with E-state index in [2.05, 4.69) is 29.5 Å². The zero-order valence-electron chi connectivity index (χ0n) is 12.8. The summed E-state index contributed by atoms with van der Waals surface area (Å²) in [6, 6.07) is 8.23. The lowest BCUT2D eigenvalue weighted by Crippen LogP contribution is -2.42. The van der Waals surface area contributed by atoms with Gasteiger partial charge in [-0.25, -0.2) is 0 Å². The van der Waals surface area contributed by atoms with Crippen molar-refractivity contribution in [1.82, 2.24) is 10.6 Å². The fraction of sp³-hybridized carbons (Fsp3) is 0.533. The number of aliphatic imine (C=N–C) groups is 1. The summed E-state index contributed by atoms with van der Waals surface area (Å²) in [5, 5.41) is 6.42. The van der Waals surface area contributed by atoms with E-state index in [1.807, 2.05) is 24.3 Å². The van der Waals surface area contributed by atoms with Crippen LogP contribution in [0.25, 0.3) is 0 Å². The molecule has 2 N–H and O–H groups in total. The average Bonchev–Trinajstić information content (AvgIpc) is 2.45. The fourth-order valence-electron chi connectivity index (χ4n) is 1.71. The third kappa shape index (κ3) is 5.93. The Labute approximate surface area is 121 Å². The zero-order valence-corrected chi connectivity index (χ0v) is 12.8. The molecule has 1 rings (SSSR count). The van der Waals surface area contributed by atoms with E-state index in [0.29, 0.717) is 25.8 Å². The van der Waals surface area contributed by atoms with E-state index >= 15 is 0 Å². The van der Waals surface area contributed by atoms with Crippen LogP contribution in [0.15, 0.2) is 29.3 Å². The van der Waals surface area contributed by atoms with Crippen molar-refractivity contribution < 1.29 is 9.47 Å². The maximum Gasteiger partial charge on any atom is 0.191 e. The molecule has 0 aliphatic heterocycles. The Hall–Kier alpha value is -1.75. The summed E-state index contributed by atoms with van der Waals surface area (Å²) in [6.45, 7) is 6.01. The molecule has 0 spiro atoms.